The van der Waals surface area contributed by atoms with Crippen molar-refractivity contribution in [3.63, 3.8) is 0 Å². The second-order valence-electron chi connectivity index (χ2n) is 3.98. The Morgan fingerprint density at radius 1 is 1.24 bits per heavy atom. The van der Waals surface area contributed by atoms with Crippen molar-refractivity contribution in [3.8, 4) is 0 Å². The molecule has 0 fully saturated rings. The van der Waals surface area contributed by atoms with Gasteiger partial charge in [0.1, 0.15) is 0 Å². The zero-order valence-corrected chi connectivity index (χ0v) is 12.2. The molecule has 0 aliphatic heterocycles. The summed E-state index contributed by atoms with van der Waals surface area (Å²) in [6, 6.07) is 13.2. The molecular formula is C14H16BrNS. The van der Waals surface area contributed by atoms with Crippen molar-refractivity contribution in [2.75, 3.05) is 7.05 Å². The summed E-state index contributed by atoms with van der Waals surface area (Å²) < 4.78 is 1.24. The molecule has 1 heterocycles. The molecule has 90 valence electrons. The van der Waals surface area contributed by atoms with Gasteiger partial charge in [0.15, 0.2) is 0 Å². The first-order valence-corrected chi connectivity index (χ1v) is 7.42. The SMILES string of the molecule is CNC(CCc1sccc1Br)c1ccccc1. The van der Waals surface area contributed by atoms with Crippen LogP contribution >= 0.6 is 27.3 Å². The highest BCUT2D eigenvalue weighted by atomic mass is 79.9. The van der Waals surface area contributed by atoms with E-state index in [2.05, 4.69) is 63.0 Å². The highest BCUT2D eigenvalue weighted by molar-refractivity contribution is 9.10. The summed E-state index contributed by atoms with van der Waals surface area (Å²) in [7, 11) is 2.03. The molecule has 1 aromatic heterocycles. The maximum Gasteiger partial charge on any atom is 0.0320 e. The van der Waals surface area contributed by atoms with Crippen LogP contribution in [0, 0.1) is 0 Å². The van der Waals surface area contributed by atoms with Gasteiger partial charge >= 0.3 is 0 Å². The summed E-state index contributed by atoms with van der Waals surface area (Å²) >= 11 is 5.41. The molecule has 0 saturated heterocycles. The van der Waals surface area contributed by atoms with Crippen LogP contribution in [0.4, 0.5) is 0 Å². The molecule has 0 amide bonds. The summed E-state index contributed by atoms with van der Waals surface area (Å²) in [4.78, 5) is 1.43. The molecule has 17 heavy (non-hydrogen) atoms. The van der Waals surface area contributed by atoms with Crippen LogP contribution in [0.15, 0.2) is 46.3 Å². The van der Waals surface area contributed by atoms with Crippen LogP contribution in [0.5, 0.6) is 0 Å². The molecule has 3 heteroatoms. The molecule has 1 atom stereocenters. The third-order valence-electron chi connectivity index (χ3n) is 2.90. The molecule has 0 bridgehead atoms. The Kier molecular flexibility index (Phi) is 4.77. The summed E-state index contributed by atoms with van der Waals surface area (Å²) in [5, 5.41) is 5.52. The second-order valence-corrected chi connectivity index (χ2v) is 5.84. The number of hydrogen-bond acceptors (Lipinski definition) is 2. The van der Waals surface area contributed by atoms with Crippen LogP contribution in [0.25, 0.3) is 0 Å². The molecule has 2 aromatic rings. The Bertz CT molecular complexity index is 452. The Morgan fingerprint density at radius 3 is 2.59 bits per heavy atom. The maximum absolute atomic E-state index is 3.58. The van der Waals surface area contributed by atoms with Crippen molar-refractivity contribution in [1.82, 2.24) is 5.32 Å². The van der Waals surface area contributed by atoms with Gasteiger partial charge < -0.3 is 5.32 Å². The molecule has 1 nitrogen and oxygen atoms in total. The van der Waals surface area contributed by atoms with E-state index in [1.807, 2.05) is 18.4 Å². The van der Waals surface area contributed by atoms with Gasteiger partial charge in [0.05, 0.1) is 0 Å². The van der Waals surface area contributed by atoms with Crippen molar-refractivity contribution in [2.24, 2.45) is 0 Å². The van der Waals surface area contributed by atoms with Crippen LogP contribution in [0.2, 0.25) is 0 Å². The second kappa shape index (κ2) is 6.34. The van der Waals surface area contributed by atoms with Gasteiger partial charge in [-0.25, -0.2) is 0 Å². The van der Waals surface area contributed by atoms with E-state index in [0.29, 0.717) is 6.04 Å². The van der Waals surface area contributed by atoms with Crippen LogP contribution in [0.3, 0.4) is 0 Å². The first-order chi connectivity index (χ1) is 8.31. The average molecular weight is 310 g/mol. The van der Waals surface area contributed by atoms with Crippen LogP contribution < -0.4 is 5.32 Å². The molecule has 0 spiro atoms. The third-order valence-corrected chi connectivity index (χ3v) is 4.89. The summed E-state index contributed by atoms with van der Waals surface area (Å²) in [5.74, 6) is 0. The van der Waals surface area contributed by atoms with E-state index in [1.165, 1.54) is 14.9 Å². The number of halogens is 1. The minimum absolute atomic E-state index is 0.435. The quantitative estimate of drug-likeness (QED) is 0.863. The predicted octanol–water partition coefficient (Wildman–Crippen LogP) is 4.40. The van der Waals surface area contributed by atoms with Crippen molar-refractivity contribution in [1.29, 1.82) is 0 Å². The molecule has 0 aliphatic rings. The zero-order chi connectivity index (χ0) is 12.1. The van der Waals surface area contributed by atoms with Crippen LogP contribution in [-0.2, 0) is 6.42 Å². The lowest BCUT2D eigenvalue weighted by molar-refractivity contribution is 0.551. The van der Waals surface area contributed by atoms with Gasteiger partial charge in [-0.05, 0) is 52.8 Å². The number of nitrogens with one attached hydrogen (secondary N) is 1. The van der Waals surface area contributed by atoms with E-state index >= 15 is 0 Å². The highest BCUT2D eigenvalue weighted by Crippen LogP contribution is 2.26. The molecule has 1 unspecified atom stereocenters. The van der Waals surface area contributed by atoms with Gasteiger partial charge in [-0.15, -0.1) is 11.3 Å². The standard InChI is InChI=1S/C14H16BrNS/c1-16-13(11-5-3-2-4-6-11)7-8-14-12(15)9-10-17-14/h2-6,9-10,13,16H,7-8H2,1H3. The van der Waals surface area contributed by atoms with E-state index in [4.69, 9.17) is 0 Å². The fourth-order valence-electron chi connectivity index (χ4n) is 1.94. The number of benzene rings is 1. The van der Waals surface area contributed by atoms with Crippen molar-refractivity contribution in [2.45, 2.75) is 18.9 Å². The van der Waals surface area contributed by atoms with Gasteiger partial charge in [0.2, 0.25) is 0 Å². The largest absolute Gasteiger partial charge is 0.313 e. The van der Waals surface area contributed by atoms with Crippen LogP contribution in [0.1, 0.15) is 22.9 Å². The fourth-order valence-corrected chi connectivity index (χ4v) is 3.51. The lowest BCUT2D eigenvalue weighted by Crippen LogP contribution is -2.16. The van der Waals surface area contributed by atoms with E-state index in [1.54, 1.807) is 0 Å². The van der Waals surface area contributed by atoms with Gasteiger partial charge in [-0.1, -0.05) is 30.3 Å². The zero-order valence-electron chi connectivity index (χ0n) is 9.82. The minimum Gasteiger partial charge on any atom is -0.313 e. The molecule has 2 rings (SSSR count). The minimum atomic E-state index is 0.435. The van der Waals surface area contributed by atoms with Crippen molar-refractivity contribution < 1.29 is 0 Å². The number of hydrogen-bond donors (Lipinski definition) is 1. The average Bonchev–Trinajstić information content (AvgIpc) is 2.77. The van der Waals surface area contributed by atoms with Gasteiger partial charge in [0, 0.05) is 15.4 Å². The number of thiophene rings is 1. The third kappa shape index (κ3) is 3.41. The first-order valence-electron chi connectivity index (χ1n) is 5.75. The summed E-state index contributed by atoms with van der Waals surface area (Å²) in [6.45, 7) is 0. The highest BCUT2D eigenvalue weighted by Gasteiger charge is 2.10. The van der Waals surface area contributed by atoms with Crippen LogP contribution in [-0.4, -0.2) is 7.05 Å². The topological polar surface area (TPSA) is 12.0 Å². The van der Waals surface area contributed by atoms with E-state index in [0.717, 1.165) is 12.8 Å². The fraction of sp³-hybridized carbons (Fsp3) is 0.286. The van der Waals surface area contributed by atoms with E-state index in [9.17, 15) is 0 Å². The Labute approximate surface area is 115 Å². The molecule has 0 aliphatic carbocycles. The Balaban J connectivity index is 1.99. The van der Waals surface area contributed by atoms with Gasteiger partial charge in [-0.2, -0.15) is 0 Å². The summed E-state index contributed by atoms with van der Waals surface area (Å²) in [5.41, 5.74) is 1.36. The number of aryl methyl sites for hydroxylation is 1. The van der Waals surface area contributed by atoms with E-state index < -0.39 is 0 Å². The van der Waals surface area contributed by atoms with E-state index in [-0.39, 0.29) is 0 Å². The molecule has 0 radical (unpaired) electrons. The number of rotatable bonds is 5. The normalized spacial score (nSPS) is 12.6. The molecular weight excluding hydrogens is 294 g/mol. The first kappa shape index (κ1) is 12.8. The maximum atomic E-state index is 3.58. The Hall–Kier alpha value is -0.640. The van der Waals surface area contributed by atoms with Gasteiger partial charge in [-0.3, -0.25) is 0 Å². The predicted molar refractivity (Wildman–Crippen MR) is 78.6 cm³/mol. The summed E-state index contributed by atoms with van der Waals surface area (Å²) in [6.07, 6.45) is 2.23. The van der Waals surface area contributed by atoms with Crippen molar-refractivity contribution >= 4 is 27.3 Å². The molecule has 0 saturated carbocycles. The Morgan fingerprint density at radius 2 is 2.00 bits per heavy atom. The monoisotopic (exact) mass is 309 g/mol. The van der Waals surface area contributed by atoms with Gasteiger partial charge in [0.25, 0.3) is 0 Å². The molecule has 1 aromatic carbocycles. The lowest BCUT2D eigenvalue weighted by atomic mass is 10.0. The van der Waals surface area contributed by atoms with Crippen molar-refractivity contribution in [3.05, 3.63) is 56.7 Å². The molecule has 1 N–H and O–H groups in total. The lowest BCUT2D eigenvalue weighted by Gasteiger charge is -2.16. The smallest absolute Gasteiger partial charge is 0.0320 e.